The standard InChI is InChI=1S/C23H27Cl2N3O4S2/c1-4-27(5-2)13-14-28(23-26-21-19(32-3)11-10-18(25)22(21)33-23)20(29)12-15-34(30,31)17-8-6-16(24)7-9-17/h6-11H,4-5,12-15H2,1-3H3. The number of methoxy groups -OCH3 is 1. The lowest BCUT2D eigenvalue weighted by Gasteiger charge is -2.24. The van der Waals surface area contributed by atoms with E-state index in [0.717, 1.165) is 13.1 Å². The molecule has 0 aliphatic rings. The minimum absolute atomic E-state index is 0.135. The van der Waals surface area contributed by atoms with E-state index in [1.165, 1.54) is 35.6 Å². The molecule has 2 aromatic carbocycles. The topological polar surface area (TPSA) is 79.8 Å². The first kappa shape index (κ1) is 26.7. The van der Waals surface area contributed by atoms with Gasteiger partial charge in [-0.3, -0.25) is 9.69 Å². The van der Waals surface area contributed by atoms with E-state index in [9.17, 15) is 13.2 Å². The number of halogens is 2. The van der Waals surface area contributed by atoms with Crippen molar-refractivity contribution >= 4 is 65.6 Å². The predicted octanol–water partition coefficient (Wildman–Crippen LogP) is 5.15. The largest absolute Gasteiger partial charge is 0.494 e. The summed E-state index contributed by atoms with van der Waals surface area (Å²) in [7, 11) is -2.10. The summed E-state index contributed by atoms with van der Waals surface area (Å²) < 4.78 is 31.6. The predicted molar refractivity (Wildman–Crippen MR) is 139 cm³/mol. The van der Waals surface area contributed by atoms with Crippen molar-refractivity contribution in [2.75, 3.05) is 43.9 Å². The fourth-order valence-corrected chi connectivity index (χ4v) is 6.10. The number of carbonyl (C=O) groups excluding carboxylic acids is 1. The number of fused-ring (bicyclic) bond motifs is 1. The number of thiazole rings is 1. The lowest BCUT2D eigenvalue weighted by molar-refractivity contribution is -0.118. The van der Waals surface area contributed by atoms with E-state index < -0.39 is 9.84 Å². The van der Waals surface area contributed by atoms with Crippen molar-refractivity contribution in [1.29, 1.82) is 0 Å². The van der Waals surface area contributed by atoms with E-state index in [-0.39, 0.29) is 23.0 Å². The highest BCUT2D eigenvalue weighted by atomic mass is 35.5. The Labute approximate surface area is 214 Å². The Morgan fingerprint density at radius 1 is 1.06 bits per heavy atom. The Kier molecular flexibility index (Phi) is 9.17. The van der Waals surface area contributed by atoms with Crippen molar-refractivity contribution in [3.63, 3.8) is 0 Å². The number of sulfone groups is 1. The lowest BCUT2D eigenvalue weighted by Crippen LogP contribution is -2.39. The van der Waals surface area contributed by atoms with Gasteiger partial charge in [0, 0.05) is 24.5 Å². The molecular formula is C23H27Cl2N3O4S2. The minimum Gasteiger partial charge on any atom is -0.494 e. The van der Waals surface area contributed by atoms with Gasteiger partial charge in [0.1, 0.15) is 11.3 Å². The zero-order valence-corrected chi connectivity index (χ0v) is 22.4. The Morgan fingerprint density at radius 2 is 1.74 bits per heavy atom. The molecule has 1 amide bonds. The van der Waals surface area contributed by atoms with Gasteiger partial charge in [0.2, 0.25) is 5.91 Å². The third kappa shape index (κ3) is 6.20. The molecule has 0 atom stereocenters. The second-order valence-electron chi connectivity index (χ2n) is 7.52. The molecular weight excluding hydrogens is 517 g/mol. The average Bonchev–Trinajstić information content (AvgIpc) is 3.27. The first-order valence-corrected chi connectivity index (χ1v) is 14.1. The summed E-state index contributed by atoms with van der Waals surface area (Å²) in [6.45, 7) is 6.78. The molecule has 1 aromatic heterocycles. The smallest absolute Gasteiger partial charge is 0.229 e. The van der Waals surface area contributed by atoms with Crippen molar-refractivity contribution < 1.29 is 17.9 Å². The number of hydrogen-bond donors (Lipinski definition) is 0. The van der Waals surface area contributed by atoms with Gasteiger partial charge in [-0.2, -0.15) is 0 Å². The monoisotopic (exact) mass is 543 g/mol. The van der Waals surface area contributed by atoms with Crippen LogP contribution in [0.2, 0.25) is 10.0 Å². The van der Waals surface area contributed by atoms with Crippen LogP contribution in [0.5, 0.6) is 5.75 Å². The molecule has 0 saturated heterocycles. The number of carbonyl (C=O) groups is 1. The van der Waals surface area contributed by atoms with Gasteiger partial charge in [0.05, 0.1) is 27.5 Å². The molecule has 0 radical (unpaired) electrons. The van der Waals surface area contributed by atoms with Gasteiger partial charge in [-0.1, -0.05) is 48.4 Å². The Bertz CT molecular complexity index is 1240. The second-order valence-corrected chi connectivity index (χ2v) is 11.4. The Hall–Kier alpha value is -1.91. The number of nitrogens with zero attached hydrogens (tertiary/aromatic N) is 3. The molecule has 0 aliphatic carbocycles. The van der Waals surface area contributed by atoms with Gasteiger partial charge in [-0.15, -0.1) is 0 Å². The number of rotatable bonds is 11. The molecule has 11 heteroatoms. The lowest BCUT2D eigenvalue weighted by atomic mass is 10.3. The molecule has 0 fully saturated rings. The first-order chi connectivity index (χ1) is 16.2. The van der Waals surface area contributed by atoms with Crippen molar-refractivity contribution in [1.82, 2.24) is 9.88 Å². The number of hydrogen-bond acceptors (Lipinski definition) is 7. The number of likely N-dealkylation sites (N-methyl/N-ethyl adjacent to an activating group) is 1. The summed E-state index contributed by atoms with van der Waals surface area (Å²) in [5.74, 6) is -0.0771. The van der Waals surface area contributed by atoms with Crippen LogP contribution in [-0.4, -0.2) is 63.3 Å². The fraction of sp³-hybridized carbons (Fsp3) is 0.391. The number of aromatic nitrogens is 1. The van der Waals surface area contributed by atoms with Gasteiger partial charge in [0.15, 0.2) is 15.0 Å². The van der Waals surface area contributed by atoms with E-state index in [1.54, 1.807) is 24.1 Å². The van der Waals surface area contributed by atoms with Gasteiger partial charge in [-0.25, -0.2) is 13.4 Å². The fourth-order valence-electron chi connectivity index (χ4n) is 3.45. The number of benzene rings is 2. The van der Waals surface area contributed by atoms with Crippen LogP contribution < -0.4 is 9.64 Å². The van der Waals surface area contributed by atoms with Crippen LogP contribution in [0.25, 0.3) is 10.2 Å². The van der Waals surface area contributed by atoms with E-state index in [4.69, 9.17) is 27.9 Å². The zero-order valence-electron chi connectivity index (χ0n) is 19.3. The van der Waals surface area contributed by atoms with Gasteiger partial charge < -0.3 is 9.64 Å². The maximum Gasteiger partial charge on any atom is 0.229 e. The van der Waals surface area contributed by atoms with E-state index in [2.05, 4.69) is 23.7 Å². The average molecular weight is 545 g/mol. The first-order valence-electron chi connectivity index (χ1n) is 10.8. The van der Waals surface area contributed by atoms with Crippen molar-refractivity contribution in [3.05, 3.63) is 46.4 Å². The highest BCUT2D eigenvalue weighted by molar-refractivity contribution is 7.91. The summed E-state index contributed by atoms with van der Waals surface area (Å²) in [6.07, 6.45) is -0.177. The molecule has 0 saturated carbocycles. The molecule has 0 spiro atoms. The molecule has 34 heavy (non-hydrogen) atoms. The van der Waals surface area contributed by atoms with Crippen LogP contribution in [0, 0.1) is 0 Å². The van der Waals surface area contributed by atoms with E-state index >= 15 is 0 Å². The quantitative estimate of drug-likeness (QED) is 0.332. The number of amides is 1. The van der Waals surface area contributed by atoms with Crippen LogP contribution in [0.4, 0.5) is 5.13 Å². The highest BCUT2D eigenvalue weighted by Crippen LogP contribution is 2.38. The van der Waals surface area contributed by atoms with Gasteiger partial charge >= 0.3 is 0 Å². The summed E-state index contributed by atoms with van der Waals surface area (Å²) in [5, 5.41) is 1.42. The summed E-state index contributed by atoms with van der Waals surface area (Å²) in [6, 6.07) is 9.39. The summed E-state index contributed by atoms with van der Waals surface area (Å²) in [5.41, 5.74) is 0.574. The van der Waals surface area contributed by atoms with Gasteiger partial charge in [-0.05, 0) is 49.5 Å². The normalized spacial score (nSPS) is 11.8. The number of anilines is 1. The van der Waals surface area contributed by atoms with Crippen LogP contribution >= 0.6 is 34.5 Å². The van der Waals surface area contributed by atoms with Crippen molar-refractivity contribution in [3.8, 4) is 5.75 Å². The maximum atomic E-state index is 13.3. The van der Waals surface area contributed by atoms with Crippen LogP contribution in [0.1, 0.15) is 20.3 Å². The van der Waals surface area contributed by atoms with E-state index in [1.807, 2.05) is 0 Å². The molecule has 7 nitrogen and oxygen atoms in total. The third-order valence-electron chi connectivity index (χ3n) is 5.49. The Morgan fingerprint density at radius 3 is 2.35 bits per heavy atom. The second kappa shape index (κ2) is 11.7. The molecule has 0 N–H and O–H groups in total. The van der Waals surface area contributed by atoms with Crippen LogP contribution in [0.15, 0.2) is 41.3 Å². The molecule has 0 aliphatic heterocycles. The highest BCUT2D eigenvalue weighted by Gasteiger charge is 2.25. The van der Waals surface area contributed by atoms with E-state index in [0.29, 0.717) is 44.2 Å². The zero-order chi connectivity index (χ0) is 24.9. The molecule has 3 aromatic rings. The SMILES string of the molecule is CCN(CC)CCN(C(=O)CCS(=O)(=O)c1ccc(Cl)cc1)c1nc2c(OC)ccc(Cl)c2s1. The number of ether oxygens (including phenoxy) is 1. The third-order valence-corrected chi connectivity index (χ3v) is 9.01. The van der Waals surface area contributed by atoms with Gasteiger partial charge in [0.25, 0.3) is 0 Å². The molecule has 184 valence electrons. The minimum atomic E-state index is -3.65. The maximum absolute atomic E-state index is 13.3. The molecule has 0 bridgehead atoms. The molecule has 0 unspecified atom stereocenters. The summed E-state index contributed by atoms with van der Waals surface area (Å²) >= 11 is 13.5. The molecule has 3 rings (SSSR count). The van der Waals surface area contributed by atoms with Crippen LogP contribution in [0.3, 0.4) is 0 Å². The van der Waals surface area contributed by atoms with Crippen LogP contribution in [-0.2, 0) is 14.6 Å². The summed E-state index contributed by atoms with van der Waals surface area (Å²) in [4.78, 5) is 21.8. The Balaban J connectivity index is 1.88. The van der Waals surface area contributed by atoms with Crippen molar-refractivity contribution in [2.45, 2.75) is 25.2 Å². The molecule has 1 heterocycles. The van der Waals surface area contributed by atoms with Crippen molar-refractivity contribution in [2.24, 2.45) is 0 Å².